The summed E-state index contributed by atoms with van der Waals surface area (Å²) in [5.41, 5.74) is 0. The second kappa shape index (κ2) is 5.12. The lowest BCUT2D eigenvalue weighted by molar-refractivity contribution is 0.0938. The summed E-state index contributed by atoms with van der Waals surface area (Å²) >= 11 is 0. The van der Waals surface area contributed by atoms with Crippen LogP contribution in [0.1, 0.15) is 23.5 Å². The molecule has 5 heteroatoms. The van der Waals surface area contributed by atoms with Gasteiger partial charge in [0.2, 0.25) is 0 Å². The molecule has 5 nitrogen and oxygen atoms in total. The van der Waals surface area contributed by atoms with Crippen LogP contribution in [0.2, 0.25) is 0 Å². The van der Waals surface area contributed by atoms with Crippen LogP contribution in [0, 0.1) is 5.92 Å². The number of imidazole rings is 1. The Bertz CT molecular complexity index is 355. The summed E-state index contributed by atoms with van der Waals surface area (Å²) in [7, 11) is 1.82. The Morgan fingerprint density at radius 3 is 3.25 bits per heavy atom. The summed E-state index contributed by atoms with van der Waals surface area (Å²) < 4.78 is 1.73. The fourth-order valence-corrected chi connectivity index (χ4v) is 2.01. The highest BCUT2D eigenvalue weighted by Crippen LogP contribution is 2.10. The van der Waals surface area contributed by atoms with Crippen LogP contribution in [0.4, 0.5) is 0 Å². The van der Waals surface area contributed by atoms with E-state index >= 15 is 0 Å². The number of amides is 1. The number of nitrogens with one attached hydrogen (secondary N) is 2. The van der Waals surface area contributed by atoms with Crippen LogP contribution in [0.5, 0.6) is 0 Å². The molecule has 2 N–H and O–H groups in total. The van der Waals surface area contributed by atoms with Gasteiger partial charge in [0.1, 0.15) is 0 Å². The quantitative estimate of drug-likeness (QED) is 0.762. The van der Waals surface area contributed by atoms with Gasteiger partial charge in [-0.25, -0.2) is 4.98 Å². The van der Waals surface area contributed by atoms with Crippen molar-refractivity contribution in [2.45, 2.75) is 12.8 Å². The van der Waals surface area contributed by atoms with E-state index < -0.39 is 0 Å². The Morgan fingerprint density at radius 2 is 2.62 bits per heavy atom. The van der Waals surface area contributed by atoms with E-state index in [1.54, 1.807) is 17.0 Å². The smallest absolute Gasteiger partial charge is 0.287 e. The Hall–Kier alpha value is -1.36. The Labute approximate surface area is 95.2 Å². The van der Waals surface area contributed by atoms with E-state index in [0.29, 0.717) is 11.7 Å². The predicted molar refractivity (Wildman–Crippen MR) is 61.1 cm³/mol. The molecule has 2 rings (SSSR count). The molecule has 0 radical (unpaired) electrons. The van der Waals surface area contributed by atoms with Gasteiger partial charge in [0.15, 0.2) is 5.82 Å². The van der Waals surface area contributed by atoms with Gasteiger partial charge in [0.05, 0.1) is 0 Å². The molecule has 2 heterocycles. The molecule has 16 heavy (non-hydrogen) atoms. The monoisotopic (exact) mass is 222 g/mol. The molecule has 1 atom stereocenters. The summed E-state index contributed by atoms with van der Waals surface area (Å²) in [4.78, 5) is 15.7. The zero-order valence-corrected chi connectivity index (χ0v) is 9.57. The molecule has 0 bridgehead atoms. The highest BCUT2D eigenvalue weighted by molar-refractivity contribution is 5.90. The first-order chi connectivity index (χ1) is 7.77. The summed E-state index contributed by atoms with van der Waals surface area (Å²) in [5, 5.41) is 6.22. The number of aryl methyl sites for hydroxylation is 1. The molecule has 0 spiro atoms. The molecule has 1 unspecified atom stereocenters. The number of carbonyl (C=O) groups excluding carboxylic acids is 1. The van der Waals surface area contributed by atoms with Gasteiger partial charge in [-0.1, -0.05) is 0 Å². The molecule has 1 aliphatic rings. The molecule has 1 saturated heterocycles. The molecule has 1 amide bonds. The fourth-order valence-electron chi connectivity index (χ4n) is 2.01. The maximum atomic E-state index is 11.7. The number of hydrogen-bond donors (Lipinski definition) is 2. The van der Waals surface area contributed by atoms with Gasteiger partial charge >= 0.3 is 0 Å². The van der Waals surface area contributed by atoms with Crippen LogP contribution in [0.25, 0.3) is 0 Å². The Morgan fingerprint density at radius 1 is 1.75 bits per heavy atom. The highest BCUT2D eigenvalue weighted by Gasteiger charge is 2.15. The minimum absolute atomic E-state index is 0.0848. The van der Waals surface area contributed by atoms with Crippen LogP contribution >= 0.6 is 0 Å². The zero-order chi connectivity index (χ0) is 11.4. The highest BCUT2D eigenvalue weighted by atomic mass is 16.2. The summed E-state index contributed by atoms with van der Waals surface area (Å²) in [6.07, 6.45) is 5.67. The largest absolute Gasteiger partial charge is 0.349 e. The van der Waals surface area contributed by atoms with Crippen molar-refractivity contribution in [3.63, 3.8) is 0 Å². The van der Waals surface area contributed by atoms with Crippen molar-refractivity contribution in [1.29, 1.82) is 0 Å². The van der Waals surface area contributed by atoms with E-state index in [9.17, 15) is 4.79 Å². The summed E-state index contributed by atoms with van der Waals surface area (Å²) in [6.45, 7) is 2.92. The Kier molecular flexibility index (Phi) is 3.56. The average molecular weight is 222 g/mol. The number of aromatic nitrogens is 2. The van der Waals surface area contributed by atoms with Crippen molar-refractivity contribution in [2.24, 2.45) is 13.0 Å². The van der Waals surface area contributed by atoms with Gasteiger partial charge in [-0.2, -0.15) is 0 Å². The molecular weight excluding hydrogens is 204 g/mol. The fraction of sp³-hybridized carbons (Fsp3) is 0.636. The average Bonchev–Trinajstić information content (AvgIpc) is 2.88. The first-order valence-electron chi connectivity index (χ1n) is 5.73. The van der Waals surface area contributed by atoms with Gasteiger partial charge in [-0.05, 0) is 31.8 Å². The second-order valence-electron chi connectivity index (χ2n) is 4.27. The van der Waals surface area contributed by atoms with Gasteiger partial charge < -0.3 is 15.2 Å². The first kappa shape index (κ1) is 11.1. The van der Waals surface area contributed by atoms with Crippen LogP contribution < -0.4 is 10.6 Å². The number of hydrogen-bond acceptors (Lipinski definition) is 3. The van der Waals surface area contributed by atoms with E-state index in [1.165, 1.54) is 6.42 Å². The minimum Gasteiger partial charge on any atom is -0.349 e. The van der Waals surface area contributed by atoms with Crippen LogP contribution in [-0.4, -0.2) is 35.1 Å². The van der Waals surface area contributed by atoms with Gasteiger partial charge in [0, 0.05) is 26.0 Å². The molecule has 1 aromatic rings. The van der Waals surface area contributed by atoms with Gasteiger partial charge in [-0.3, -0.25) is 4.79 Å². The molecule has 1 aromatic heterocycles. The standard InChI is InChI=1S/C11H18N4O/c1-15-7-6-13-10(15)11(16)14-5-3-9-2-4-12-8-9/h6-7,9,12H,2-5,8H2,1H3,(H,14,16). The van der Waals surface area contributed by atoms with Crippen LogP contribution in [0.3, 0.4) is 0 Å². The third kappa shape index (κ3) is 2.61. The van der Waals surface area contributed by atoms with Crippen LogP contribution in [-0.2, 0) is 7.05 Å². The van der Waals surface area contributed by atoms with Crippen molar-refractivity contribution < 1.29 is 4.79 Å². The third-order valence-electron chi connectivity index (χ3n) is 3.02. The first-order valence-corrected chi connectivity index (χ1v) is 5.73. The normalized spacial score (nSPS) is 19.9. The SMILES string of the molecule is Cn1ccnc1C(=O)NCCC1CCNC1. The molecule has 88 valence electrons. The van der Waals surface area contributed by atoms with E-state index in [1.807, 2.05) is 7.05 Å². The summed E-state index contributed by atoms with van der Waals surface area (Å²) in [5.74, 6) is 1.10. The lowest BCUT2D eigenvalue weighted by atomic mass is 10.1. The lowest BCUT2D eigenvalue weighted by Gasteiger charge is -2.09. The molecule has 0 aromatic carbocycles. The zero-order valence-electron chi connectivity index (χ0n) is 9.57. The van der Waals surface area contributed by atoms with Crippen molar-refractivity contribution in [1.82, 2.24) is 20.2 Å². The summed E-state index contributed by atoms with van der Waals surface area (Å²) in [6, 6.07) is 0. The maximum Gasteiger partial charge on any atom is 0.287 e. The van der Waals surface area contributed by atoms with E-state index in [-0.39, 0.29) is 5.91 Å². The van der Waals surface area contributed by atoms with Gasteiger partial charge in [-0.15, -0.1) is 0 Å². The van der Waals surface area contributed by atoms with Crippen molar-refractivity contribution in [3.05, 3.63) is 18.2 Å². The molecule has 1 fully saturated rings. The Balaban J connectivity index is 1.73. The molecule has 0 saturated carbocycles. The third-order valence-corrected chi connectivity index (χ3v) is 3.02. The van der Waals surface area contributed by atoms with E-state index in [4.69, 9.17) is 0 Å². The molecule has 0 aliphatic carbocycles. The van der Waals surface area contributed by atoms with E-state index in [0.717, 1.165) is 26.1 Å². The number of carbonyl (C=O) groups is 1. The topological polar surface area (TPSA) is 59.0 Å². The molecular formula is C11H18N4O. The predicted octanol–water partition coefficient (Wildman–Crippen LogP) is 0.150. The van der Waals surface area contributed by atoms with E-state index in [2.05, 4.69) is 15.6 Å². The van der Waals surface area contributed by atoms with Crippen molar-refractivity contribution in [2.75, 3.05) is 19.6 Å². The molecule has 1 aliphatic heterocycles. The second-order valence-corrected chi connectivity index (χ2v) is 4.27. The maximum absolute atomic E-state index is 11.7. The number of rotatable bonds is 4. The lowest BCUT2D eigenvalue weighted by Crippen LogP contribution is -2.28. The number of nitrogens with zero attached hydrogens (tertiary/aromatic N) is 2. The van der Waals surface area contributed by atoms with Crippen molar-refractivity contribution >= 4 is 5.91 Å². The van der Waals surface area contributed by atoms with Crippen LogP contribution in [0.15, 0.2) is 12.4 Å². The van der Waals surface area contributed by atoms with Gasteiger partial charge in [0.25, 0.3) is 5.91 Å². The van der Waals surface area contributed by atoms with Crippen molar-refractivity contribution in [3.8, 4) is 0 Å². The minimum atomic E-state index is -0.0848.